The fourth-order valence-corrected chi connectivity index (χ4v) is 8.89. The van der Waals surface area contributed by atoms with Crippen molar-refractivity contribution in [2.75, 3.05) is 0 Å². The third kappa shape index (κ3) is 3.10. The van der Waals surface area contributed by atoms with Crippen LogP contribution in [0.25, 0.3) is 33.4 Å². The maximum atomic E-state index is 6.73. The summed E-state index contributed by atoms with van der Waals surface area (Å²) in [5, 5.41) is 0. The molecular formula is C45H30O. The van der Waals surface area contributed by atoms with Crippen molar-refractivity contribution >= 4 is 0 Å². The van der Waals surface area contributed by atoms with Gasteiger partial charge in [0, 0.05) is 16.5 Å². The molecular weight excluding hydrogens is 556 g/mol. The number of ether oxygens (including phenoxy) is 1. The van der Waals surface area contributed by atoms with E-state index in [1.54, 1.807) is 0 Å². The molecule has 0 amide bonds. The van der Waals surface area contributed by atoms with Crippen LogP contribution in [0, 0.1) is 0 Å². The van der Waals surface area contributed by atoms with E-state index in [1.807, 2.05) is 0 Å². The normalized spacial score (nSPS) is 17.2. The second-order valence-electron chi connectivity index (χ2n) is 12.9. The van der Waals surface area contributed by atoms with Crippen molar-refractivity contribution in [1.82, 2.24) is 0 Å². The van der Waals surface area contributed by atoms with Crippen molar-refractivity contribution in [3.05, 3.63) is 203 Å². The van der Waals surface area contributed by atoms with E-state index in [1.165, 1.54) is 66.8 Å². The van der Waals surface area contributed by atoms with Gasteiger partial charge >= 0.3 is 0 Å². The zero-order chi connectivity index (χ0) is 30.5. The van der Waals surface area contributed by atoms with Crippen molar-refractivity contribution in [2.45, 2.75) is 17.8 Å². The highest BCUT2D eigenvalue weighted by molar-refractivity contribution is 6.00. The minimum atomic E-state index is -0.356. The van der Waals surface area contributed by atoms with E-state index in [4.69, 9.17) is 4.74 Å². The quantitative estimate of drug-likeness (QED) is 0.196. The lowest BCUT2D eigenvalue weighted by Crippen LogP contribution is -2.29. The minimum Gasteiger partial charge on any atom is -0.457 e. The van der Waals surface area contributed by atoms with E-state index in [9.17, 15) is 0 Å². The number of para-hydroxylation sites is 1. The van der Waals surface area contributed by atoms with Gasteiger partial charge in [-0.1, -0.05) is 152 Å². The van der Waals surface area contributed by atoms with Gasteiger partial charge in [0.15, 0.2) is 0 Å². The smallest absolute Gasteiger partial charge is 0.132 e. The Morgan fingerprint density at radius 2 is 0.913 bits per heavy atom. The molecule has 1 unspecified atom stereocenters. The van der Waals surface area contributed by atoms with Gasteiger partial charge in [-0.05, 0) is 80.3 Å². The first-order chi connectivity index (χ1) is 22.7. The molecule has 1 heterocycles. The van der Waals surface area contributed by atoms with E-state index < -0.39 is 0 Å². The third-order valence-corrected chi connectivity index (χ3v) is 10.8. The van der Waals surface area contributed by atoms with Gasteiger partial charge in [-0.3, -0.25) is 0 Å². The minimum absolute atomic E-state index is 0.337. The summed E-state index contributed by atoms with van der Waals surface area (Å²) < 4.78 is 6.73. The van der Waals surface area contributed by atoms with Crippen molar-refractivity contribution in [2.24, 2.45) is 0 Å². The van der Waals surface area contributed by atoms with Crippen LogP contribution in [0.2, 0.25) is 0 Å². The van der Waals surface area contributed by atoms with Gasteiger partial charge in [-0.2, -0.15) is 0 Å². The van der Waals surface area contributed by atoms with Gasteiger partial charge in [0.25, 0.3) is 0 Å². The SMILES string of the molecule is CC1(c2ccccc2)c2ccccc2Oc2cc(-c3cccc4c3-c3ccccc3C43c4ccccc4-c4ccccc43)ccc21. The van der Waals surface area contributed by atoms with Gasteiger partial charge in [0.1, 0.15) is 11.5 Å². The molecule has 46 heavy (non-hydrogen) atoms. The van der Waals surface area contributed by atoms with Crippen LogP contribution >= 0.6 is 0 Å². The highest BCUT2D eigenvalue weighted by Crippen LogP contribution is 2.64. The van der Waals surface area contributed by atoms with Crippen molar-refractivity contribution < 1.29 is 4.74 Å². The summed E-state index contributed by atoms with van der Waals surface area (Å²) in [6.45, 7) is 2.33. The Kier molecular flexibility index (Phi) is 5.12. The van der Waals surface area contributed by atoms with Gasteiger partial charge < -0.3 is 4.74 Å². The standard InChI is InChI=1S/C45H30O/c1-44(30-14-3-2-4-15-30)38-23-11-12-25-41(38)46-42-28-29(26-27-39(42)44)31-19-13-24-40-43(31)34-18-7-10-22-37(34)45(40)35-20-8-5-16-32(35)33-17-6-9-21-36(33)45/h2-28H,1H3. The lowest BCUT2D eigenvalue weighted by Gasteiger charge is -2.38. The van der Waals surface area contributed by atoms with Crippen LogP contribution in [0.1, 0.15) is 45.9 Å². The molecule has 0 aromatic heterocycles. The second-order valence-corrected chi connectivity index (χ2v) is 12.9. The highest BCUT2D eigenvalue weighted by Gasteiger charge is 2.52. The summed E-state index contributed by atoms with van der Waals surface area (Å²) in [5.74, 6) is 1.83. The maximum absolute atomic E-state index is 6.73. The third-order valence-electron chi connectivity index (χ3n) is 10.8. The molecule has 0 saturated carbocycles. The van der Waals surface area contributed by atoms with E-state index in [0.29, 0.717) is 0 Å². The van der Waals surface area contributed by atoms with Crippen LogP contribution in [0.15, 0.2) is 164 Å². The molecule has 0 saturated heterocycles. The zero-order valence-corrected chi connectivity index (χ0v) is 25.5. The summed E-state index contributed by atoms with van der Waals surface area (Å²) in [6.07, 6.45) is 0. The molecule has 0 fully saturated rings. The van der Waals surface area contributed by atoms with Gasteiger partial charge in [0.2, 0.25) is 0 Å². The Morgan fingerprint density at radius 1 is 0.391 bits per heavy atom. The van der Waals surface area contributed by atoms with Gasteiger partial charge in [0.05, 0.1) is 5.41 Å². The molecule has 0 bridgehead atoms. The topological polar surface area (TPSA) is 9.23 Å². The van der Waals surface area contributed by atoms with E-state index in [0.717, 1.165) is 17.1 Å². The molecule has 0 radical (unpaired) electrons. The summed E-state index contributed by atoms with van der Waals surface area (Å²) in [6, 6.07) is 60.1. The summed E-state index contributed by atoms with van der Waals surface area (Å²) in [5.41, 5.74) is 16.0. The molecule has 0 N–H and O–H groups in total. The van der Waals surface area contributed by atoms with Gasteiger partial charge in [-0.15, -0.1) is 0 Å². The molecule has 2 aliphatic carbocycles. The molecule has 10 rings (SSSR count). The Hall–Kier alpha value is -5.66. The molecule has 3 aliphatic rings. The summed E-state index contributed by atoms with van der Waals surface area (Å²) in [4.78, 5) is 0. The largest absolute Gasteiger partial charge is 0.457 e. The monoisotopic (exact) mass is 586 g/mol. The molecule has 1 aliphatic heterocycles. The molecule has 7 aromatic carbocycles. The predicted molar refractivity (Wildman–Crippen MR) is 187 cm³/mol. The molecule has 1 nitrogen and oxygen atoms in total. The highest BCUT2D eigenvalue weighted by atomic mass is 16.5. The fourth-order valence-electron chi connectivity index (χ4n) is 8.89. The number of benzene rings is 7. The molecule has 216 valence electrons. The van der Waals surface area contributed by atoms with Gasteiger partial charge in [-0.25, -0.2) is 0 Å². The number of hydrogen-bond donors (Lipinski definition) is 0. The van der Waals surface area contributed by atoms with Crippen molar-refractivity contribution in [3.8, 4) is 44.9 Å². The average Bonchev–Trinajstić information content (AvgIpc) is 3.59. The number of fused-ring (bicyclic) bond motifs is 12. The molecule has 1 heteroatoms. The summed E-state index contributed by atoms with van der Waals surface area (Å²) in [7, 11) is 0. The first-order valence-corrected chi connectivity index (χ1v) is 16.1. The number of rotatable bonds is 2. The van der Waals surface area contributed by atoms with Crippen LogP contribution in [0.4, 0.5) is 0 Å². The van der Waals surface area contributed by atoms with Crippen LogP contribution < -0.4 is 4.74 Å². The lowest BCUT2D eigenvalue weighted by molar-refractivity contribution is 0.427. The maximum Gasteiger partial charge on any atom is 0.132 e. The Morgan fingerprint density at radius 3 is 1.63 bits per heavy atom. The Labute approximate surface area is 269 Å². The van der Waals surface area contributed by atoms with Crippen molar-refractivity contribution in [3.63, 3.8) is 0 Å². The first-order valence-electron chi connectivity index (χ1n) is 16.1. The molecule has 1 spiro atoms. The fraction of sp³-hybridized carbons (Fsp3) is 0.0667. The van der Waals surface area contributed by atoms with Crippen LogP contribution in [0.3, 0.4) is 0 Å². The van der Waals surface area contributed by atoms with Crippen molar-refractivity contribution in [1.29, 1.82) is 0 Å². The van der Waals surface area contributed by atoms with Crippen LogP contribution in [-0.2, 0) is 10.8 Å². The molecule has 1 atom stereocenters. The van der Waals surface area contributed by atoms with E-state index in [2.05, 4.69) is 171 Å². The Bertz CT molecular complexity index is 2320. The first kappa shape index (κ1) is 25.6. The van der Waals surface area contributed by atoms with E-state index >= 15 is 0 Å². The van der Waals surface area contributed by atoms with E-state index in [-0.39, 0.29) is 10.8 Å². The molecule has 7 aromatic rings. The summed E-state index contributed by atoms with van der Waals surface area (Å²) >= 11 is 0. The van der Waals surface area contributed by atoms with Crippen LogP contribution in [0.5, 0.6) is 11.5 Å². The number of hydrogen-bond acceptors (Lipinski definition) is 1. The second kappa shape index (κ2) is 9.19. The Balaban J connectivity index is 1.23. The zero-order valence-electron chi connectivity index (χ0n) is 25.5. The average molecular weight is 587 g/mol. The lowest BCUT2D eigenvalue weighted by atomic mass is 9.69. The predicted octanol–water partition coefficient (Wildman–Crippen LogP) is 11.2. The van der Waals surface area contributed by atoms with Crippen LogP contribution in [-0.4, -0.2) is 0 Å².